The van der Waals surface area contributed by atoms with E-state index in [-0.39, 0.29) is 11.8 Å². The van der Waals surface area contributed by atoms with E-state index in [1.807, 2.05) is 23.8 Å². The van der Waals surface area contributed by atoms with Crippen molar-refractivity contribution in [3.63, 3.8) is 0 Å². The van der Waals surface area contributed by atoms with Gasteiger partial charge in [-0.3, -0.25) is 14.5 Å². The number of nitrogens with one attached hydrogen (secondary N) is 1. The van der Waals surface area contributed by atoms with Gasteiger partial charge >= 0.3 is 0 Å². The minimum Gasteiger partial charge on any atom is -0.383 e. The fourth-order valence-corrected chi connectivity index (χ4v) is 2.43. The molecule has 1 aromatic heterocycles. The molecule has 1 aromatic carbocycles. The molecule has 0 aliphatic carbocycles. The van der Waals surface area contributed by atoms with Crippen LogP contribution in [0.2, 0.25) is 0 Å². The maximum absolute atomic E-state index is 11.9. The lowest BCUT2D eigenvalue weighted by atomic mass is 10.1. The minimum atomic E-state index is -0.246. The van der Waals surface area contributed by atoms with E-state index >= 15 is 0 Å². The summed E-state index contributed by atoms with van der Waals surface area (Å²) in [6, 6.07) is 5.26. The van der Waals surface area contributed by atoms with Gasteiger partial charge in [0.25, 0.3) is 11.8 Å². The van der Waals surface area contributed by atoms with Crippen LogP contribution >= 0.6 is 0 Å². The van der Waals surface area contributed by atoms with Gasteiger partial charge in [0.1, 0.15) is 5.82 Å². The van der Waals surface area contributed by atoms with E-state index in [2.05, 4.69) is 10.3 Å². The Morgan fingerprint density at radius 2 is 1.95 bits per heavy atom. The van der Waals surface area contributed by atoms with Gasteiger partial charge in [-0.1, -0.05) is 0 Å². The highest BCUT2D eigenvalue weighted by atomic mass is 16.2. The zero-order chi connectivity index (χ0) is 15.0. The first-order valence-corrected chi connectivity index (χ1v) is 6.76. The van der Waals surface area contributed by atoms with E-state index in [9.17, 15) is 9.59 Å². The van der Waals surface area contributed by atoms with Crippen molar-refractivity contribution in [1.29, 1.82) is 0 Å². The number of nitrogens with zero attached hydrogens (tertiary/aromatic N) is 3. The average Bonchev–Trinajstić information content (AvgIpc) is 2.98. The van der Waals surface area contributed by atoms with Crippen LogP contribution in [0.1, 0.15) is 26.5 Å². The fraction of sp³-hybridized carbons (Fsp3) is 0.267. The predicted molar refractivity (Wildman–Crippen MR) is 78.3 cm³/mol. The topological polar surface area (TPSA) is 67.2 Å². The molecule has 3 rings (SSSR count). The van der Waals surface area contributed by atoms with E-state index in [0.29, 0.717) is 17.7 Å². The van der Waals surface area contributed by atoms with Crippen LogP contribution in [-0.2, 0) is 6.54 Å². The normalized spacial score (nSPS) is 13.7. The molecule has 0 unspecified atom stereocenters. The number of carbonyl (C=O) groups excluding carboxylic acids is 2. The third-order valence-electron chi connectivity index (χ3n) is 3.70. The van der Waals surface area contributed by atoms with Gasteiger partial charge in [0.2, 0.25) is 0 Å². The van der Waals surface area contributed by atoms with Gasteiger partial charge in [-0.15, -0.1) is 0 Å². The Labute approximate surface area is 122 Å². The van der Waals surface area contributed by atoms with Gasteiger partial charge in [-0.25, -0.2) is 4.98 Å². The van der Waals surface area contributed by atoms with Crippen molar-refractivity contribution in [2.75, 3.05) is 18.9 Å². The predicted octanol–water partition coefficient (Wildman–Crippen LogP) is 1.53. The summed E-state index contributed by atoms with van der Waals surface area (Å²) >= 11 is 0. The number of aryl methyl sites for hydroxylation is 1. The van der Waals surface area contributed by atoms with Crippen LogP contribution in [0.15, 0.2) is 30.6 Å². The molecule has 0 saturated carbocycles. The number of benzene rings is 1. The van der Waals surface area contributed by atoms with E-state index in [1.165, 1.54) is 7.05 Å². The second-order valence-electron chi connectivity index (χ2n) is 5.02. The molecule has 1 aliphatic rings. The van der Waals surface area contributed by atoms with E-state index in [4.69, 9.17) is 0 Å². The maximum atomic E-state index is 11.9. The fourth-order valence-electron chi connectivity index (χ4n) is 2.43. The molecule has 6 heteroatoms. The van der Waals surface area contributed by atoms with Gasteiger partial charge in [0, 0.05) is 38.2 Å². The molecule has 0 saturated heterocycles. The molecule has 2 amide bonds. The smallest absolute Gasteiger partial charge is 0.261 e. The van der Waals surface area contributed by atoms with Crippen molar-refractivity contribution in [2.24, 2.45) is 0 Å². The van der Waals surface area contributed by atoms with Gasteiger partial charge < -0.3 is 9.88 Å². The lowest BCUT2D eigenvalue weighted by molar-refractivity contribution is 0.0693. The Kier molecular flexibility index (Phi) is 3.21. The number of aromatic nitrogens is 2. The molecule has 2 aromatic rings. The van der Waals surface area contributed by atoms with Crippen LogP contribution in [-0.4, -0.2) is 39.9 Å². The highest BCUT2D eigenvalue weighted by Crippen LogP contribution is 2.24. The number of carbonyl (C=O) groups is 2. The monoisotopic (exact) mass is 284 g/mol. The second kappa shape index (κ2) is 5.05. The molecule has 0 atom stereocenters. The average molecular weight is 284 g/mol. The first-order valence-electron chi connectivity index (χ1n) is 6.76. The standard InChI is InChI=1S/C15H16N4O2/c1-10-16-5-7-19(10)8-6-17-11-3-4-12-13(9-11)15(21)18(2)14(12)20/h3-5,7,9,17H,6,8H2,1-2H3. The molecular weight excluding hydrogens is 268 g/mol. The number of hydrogen-bond acceptors (Lipinski definition) is 4. The second-order valence-corrected chi connectivity index (χ2v) is 5.02. The van der Waals surface area contributed by atoms with E-state index in [1.54, 1.807) is 18.3 Å². The Hall–Kier alpha value is -2.63. The van der Waals surface area contributed by atoms with Gasteiger partial charge in [-0.2, -0.15) is 0 Å². The number of amides is 2. The molecular formula is C15H16N4O2. The number of rotatable bonds is 4. The van der Waals surface area contributed by atoms with Crippen molar-refractivity contribution in [3.8, 4) is 0 Å². The van der Waals surface area contributed by atoms with Gasteiger partial charge in [-0.05, 0) is 25.1 Å². The van der Waals surface area contributed by atoms with Crippen LogP contribution in [0.4, 0.5) is 5.69 Å². The molecule has 0 fully saturated rings. The zero-order valence-corrected chi connectivity index (χ0v) is 12.0. The first-order chi connectivity index (χ1) is 10.1. The highest BCUT2D eigenvalue weighted by molar-refractivity contribution is 6.21. The lowest BCUT2D eigenvalue weighted by Crippen LogP contribution is -2.24. The largest absolute Gasteiger partial charge is 0.383 e. The molecule has 0 bridgehead atoms. The Bertz CT molecular complexity index is 720. The highest BCUT2D eigenvalue weighted by Gasteiger charge is 2.32. The minimum absolute atomic E-state index is 0.240. The zero-order valence-electron chi connectivity index (χ0n) is 12.0. The first kappa shape index (κ1) is 13.4. The van der Waals surface area contributed by atoms with Gasteiger partial charge in [0.15, 0.2) is 0 Å². The van der Waals surface area contributed by atoms with Crippen molar-refractivity contribution in [1.82, 2.24) is 14.5 Å². The molecule has 21 heavy (non-hydrogen) atoms. The summed E-state index contributed by atoms with van der Waals surface area (Å²) in [5, 5.41) is 3.26. The van der Waals surface area contributed by atoms with Crippen molar-refractivity contribution in [3.05, 3.63) is 47.5 Å². The van der Waals surface area contributed by atoms with Crippen molar-refractivity contribution >= 4 is 17.5 Å². The van der Waals surface area contributed by atoms with Crippen molar-refractivity contribution in [2.45, 2.75) is 13.5 Å². The van der Waals surface area contributed by atoms with Crippen LogP contribution in [0, 0.1) is 6.92 Å². The summed E-state index contributed by atoms with van der Waals surface area (Å²) in [7, 11) is 1.50. The van der Waals surface area contributed by atoms with Crippen LogP contribution in [0.25, 0.3) is 0 Å². The molecule has 0 radical (unpaired) electrons. The van der Waals surface area contributed by atoms with Crippen LogP contribution < -0.4 is 5.32 Å². The summed E-state index contributed by atoms with van der Waals surface area (Å²) in [5.74, 6) is 0.479. The number of imidazole rings is 1. The third kappa shape index (κ3) is 2.29. The van der Waals surface area contributed by atoms with E-state index < -0.39 is 0 Å². The maximum Gasteiger partial charge on any atom is 0.261 e. The Balaban J connectivity index is 1.70. The molecule has 0 spiro atoms. The summed E-state index contributed by atoms with van der Waals surface area (Å²) < 4.78 is 2.04. The summed E-state index contributed by atoms with van der Waals surface area (Å²) in [6.45, 7) is 3.46. The molecule has 6 nitrogen and oxygen atoms in total. The SMILES string of the molecule is Cc1nccn1CCNc1ccc2c(c1)C(=O)N(C)C2=O. The number of hydrogen-bond donors (Lipinski definition) is 1. The summed E-state index contributed by atoms with van der Waals surface area (Å²) in [5.41, 5.74) is 1.77. The summed E-state index contributed by atoms with van der Waals surface area (Å²) in [4.78, 5) is 29.0. The van der Waals surface area contributed by atoms with Crippen molar-refractivity contribution < 1.29 is 9.59 Å². The van der Waals surface area contributed by atoms with Gasteiger partial charge in [0.05, 0.1) is 11.1 Å². The van der Waals surface area contributed by atoms with Crippen LogP contribution in [0.5, 0.6) is 0 Å². The Morgan fingerprint density at radius 3 is 2.67 bits per heavy atom. The molecule has 1 aliphatic heterocycles. The molecule has 108 valence electrons. The Morgan fingerprint density at radius 1 is 1.19 bits per heavy atom. The lowest BCUT2D eigenvalue weighted by Gasteiger charge is -2.09. The summed E-state index contributed by atoms with van der Waals surface area (Å²) in [6.07, 6.45) is 3.70. The van der Waals surface area contributed by atoms with Crippen LogP contribution in [0.3, 0.4) is 0 Å². The quantitative estimate of drug-likeness (QED) is 0.865. The number of imide groups is 1. The molecule has 2 heterocycles. The third-order valence-corrected chi connectivity index (χ3v) is 3.70. The molecule has 1 N–H and O–H groups in total. The van der Waals surface area contributed by atoms with E-state index in [0.717, 1.165) is 23.0 Å². The number of anilines is 1. The number of fused-ring (bicyclic) bond motifs is 1.